The van der Waals surface area contributed by atoms with Gasteiger partial charge < -0.3 is 5.11 Å². The van der Waals surface area contributed by atoms with Crippen LogP contribution in [0.3, 0.4) is 0 Å². The van der Waals surface area contributed by atoms with E-state index in [1.165, 1.54) is 0 Å². The molecular weight excluding hydrogens is 348 g/mol. The molecule has 5 nitrogen and oxygen atoms in total. The molecule has 0 saturated carbocycles. The van der Waals surface area contributed by atoms with E-state index in [4.69, 9.17) is 0 Å². The van der Waals surface area contributed by atoms with Crippen molar-refractivity contribution in [3.05, 3.63) is 65.2 Å². The first kappa shape index (κ1) is 19.0. The third kappa shape index (κ3) is 4.15. The standard InChI is InChI=1S/C20H26N2O3S/c1-16-8-9-20(17(2)14-16)26(24,25)22-12-10-21(11-13-22)15-19(23)18-6-4-3-5-7-18/h3-9,14,19,23H,10-13,15H2,1-2H3/t19-/m1/s1. The van der Waals surface area contributed by atoms with Gasteiger partial charge in [-0.15, -0.1) is 0 Å². The first-order valence-electron chi connectivity index (χ1n) is 8.91. The molecular formula is C20H26N2O3S. The number of aliphatic hydroxyl groups excluding tert-OH is 1. The maximum atomic E-state index is 12.9. The number of sulfonamides is 1. The molecule has 6 heteroatoms. The molecule has 0 bridgehead atoms. The number of hydrogen-bond acceptors (Lipinski definition) is 4. The van der Waals surface area contributed by atoms with Crippen molar-refractivity contribution < 1.29 is 13.5 Å². The van der Waals surface area contributed by atoms with Crippen LogP contribution in [0.4, 0.5) is 0 Å². The van der Waals surface area contributed by atoms with Crippen molar-refractivity contribution in [2.24, 2.45) is 0 Å². The van der Waals surface area contributed by atoms with Gasteiger partial charge in [-0.3, -0.25) is 4.90 Å². The molecule has 140 valence electrons. The minimum atomic E-state index is -3.47. The molecule has 1 aliphatic rings. The van der Waals surface area contributed by atoms with Gasteiger partial charge >= 0.3 is 0 Å². The van der Waals surface area contributed by atoms with Gasteiger partial charge in [0.05, 0.1) is 11.0 Å². The average Bonchev–Trinajstić information content (AvgIpc) is 2.62. The highest BCUT2D eigenvalue weighted by atomic mass is 32.2. The van der Waals surface area contributed by atoms with Crippen LogP contribution in [0.5, 0.6) is 0 Å². The first-order chi connectivity index (χ1) is 12.4. The highest BCUT2D eigenvalue weighted by molar-refractivity contribution is 7.89. The molecule has 0 aliphatic carbocycles. The molecule has 0 unspecified atom stereocenters. The third-order valence-electron chi connectivity index (χ3n) is 4.89. The molecule has 0 aromatic heterocycles. The molecule has 1 atom stereocenters. The number of hydrogen-bond donors (Lipinski definition) is 1. The molecule has 26 heavy (non-hydrogen) atoms. The van der Waals surface area contributed by atoms with E-state index < -0.39 is 16.1 Å². The van der Waals surface area contributed by atoms with Crippen molar-refractivity contribution in [3.63, 3.8) is 0 Å². The Hall–Kier alpha value is -1.73. The van der Waals surface area contributed by atoms with E-state index in [-0.39, 0.29) is 0 Å². The van der Waals surface area contributed by atoms with Gasteiger partial charge in [0.25, 0.3) is 0 Å². The lowest BCUT2D eigenvalue weighted by molar-refractivity contribution is 0.0921. The van der Waals surface area contributed by atoms with Gasteiger partial charge in [-0.1, -0.05) is 48.0 Å². The van der Waals surface area contributed by atoms with Crippen LogP contribution < -0.4 is 0 Å². The van der Waals surface area contributed by atoms with Crippen LogP contribution in [0.1, 0.15) is 22.8 Å². The van der Waals surface area contributed by atoms with Crippen molar-refractivity contribution in [3.8, 4) is 0 Å². The summed E-state index contributed by atoms with van der Waals surface area (Å²) in [5.74, 6) is 0. The number of aliphatic hydroxyl groups is 1. The predicted octanol–water partition coefficient (Wildman–Crippen LogP) is 2.34. The fourth-order valence-corrected chi connectivity index (χ4v) is 5.03. The summed E-state index contributed by atoms with van der Waals surface area (Å²) in [6.07, 6.45) is -0.557. The summed E-state index contributed by atoms with van der Waals surface area (Å²) in [6, 6.07) is 15.0. The van der Waals surface area contributed by atoms with Crippen LogP contribution in [0.2, 0.25) is 0 Å². The number of benzene rings is 2. The quantitative estimate of drug-likeness (QED) is 0.873. The summed E-state index contributed by atoms with van der Waals surface area (Å²) >= 11 is 0. The molecule has 1 aliphatic heterocycles. The predicted molar refractivity (Wildman–Crippen MR) is 103 cm³/mol. The minimum absolute atomic E-state index is 0.390. The van der Waals surface area contributed by atoms with Crippen molar-refractivity contribution in [2.45, 2.75) is 24.8 Å². The van der Waals surface area contributed by atoms with Gasteiger partial charge in [-0.25, -0.2) is 8.42 Å². The second-order valence-corrected chi connectivity index (χ2v) is 8.81. The number of nitrogens with zero attached hydrogens (tertiary/aromatic N) is 2. The summed E-state index contributed by atoms with van der Waals surface area (Å²) in [5.41, 5.74) is 2.73. The number of aryl methyl sites for hydroxylation is 2. The summed E-state index contributed by atoms with van der Waals surface area (Å²) in [7, 11) is -3.47. The first-order valence-corrected chi connectivity index (χ1v) is 10.3. The van der Waals surface area contributed by atoms with Gasteiger partial charge in [0.2, 0.25) is 10.0 Å². The van der Waals surface area contributed by atoms with E-state index in [0.717, 1.165) is 16.7 Å². The SMILES string of the molecule is Cc1ccc(S(=O)(=O)N2CCN(C[C@@H](O)c3ccccc3)CC2)c(C)c1. The Morgan fingerprint density at radius 2 is 1.65 bits per heavy atom. The van der Waals surface area contributed by atoms with Crippen LogP contribution in [0, 0.1) is 13.8 Å². The van der Waals surface area contributed by atoms with Crippen LogP contribution in [-0.2, 0) is 10.0 Å². The summed E-state index contributed by atoms with van der Waals surface area (Å²) in [6.45, 7) is 6.43. The highest BCUT2D eigenvalue weighted by Gasteiger charge is 2.30. The Balaban J connectivity index is 1.63. The number of rotatable bonds is 5. The van der Waals surface area contributed by atoms with Crippen LogP contribution in [0.25, 0.3) is 0 Å². The lowest BCUT2D eigenvalue weighted by Crippen LogP contribution is -2.49. The largest absolute Gasteiger partial charge is 0.387 e. The molecule has 1 N–H and O–H groups in total. The summed E-state index contributed by atoms with van der Waals surface area (Å²) < 4.78 is 27.4. The fraction of sp³-hybridized carbons (Fsp3) is 0.400. The maximum absolute atomic E-state index is 12.9. The van der Waals surface area contributed by atoms with Gasteiger partial charge in [0.15, 0.2) is 0 Å². The molecule has 3 rings (SSSR count). The van der Waals surface area contributed by atoms with Gasteiger partial charge in [0, 0.05) is 32.7 Å². The van der Waals surface area contributed by atoms with E-state index in [0.29, 0.717) is 37.6 Å². The van der Waals surface area contributed by atoms with Crippen molar-refractivity contribution in [1.29, 1.82) is 0 Å². The molecule has 0 amide bonds. The Labute approximate surface area is 155 Å². The summed E-state index contributed by atoms with van der Waals surface area (Å²) in [5, 5.41) is 10.4. The van der Waals surface area contributed by atoms with E-state index in [1.807, 2.05) is 56.3 Å². The molecule has 2 aromatic carbocycles. The fourth-order valence-electron chi connectivity index (χ4n) is 3.41. The van der Waals surface area contributed by atoms with E-state index >= 15 is 0 Å². The number of β-amino-alcohol motifs (C(OH)–C–C–N with tert-alkyl or cyclic N) is 1. The zero-order valence-electron chi connectivity index (χ0n) is 15.3. The third-order valence-corrected chi connectivity index (χ3v) is 6.95. The summed E-state index contributed by atoms with van der Waals surface area (Å²) in [4.78, 5) is 2.51. The highest BCUT2D eigenvalue weighted by Crippen LogP contribution is 2.23. The van der Waals surface area contributed by atoms with Gasteiger partial charge in [-0.05, 0) is 31.0 Å². The monoisotopic (exact) mass is 374 g/mol. The Bertz CT molecular complexity index is 845. The lowest BCUT2D eigenvalue weighted by atomic mass is 10.1. The van der Waals surface area contributed by atoms with Gasteiger partial charge in [0.1, 0.15) is 0 Å². The lowest BCUT2D eigenvalue weighted by Gasteiger charge is -2.35. The number of piperazine rings is 1. The average molecular weight is 375 g/mol. The van der Waals surface area contributed by atoms with Gasteiger partial charge in [-0.2, -0.15) is 4.31 Å². The Morgan fingerprint density at radius 3 is 2.27 bits per heavy atom. The van der Waals surface area contributed by atoms with E-state index in [2.05, 4.69) is 4.90 Å². The van der Waals surface area contributed by atoms with E-state index in [1.54, 1.807) is 10.4 Å². The van der Waals surface area contributed by atoms with Crippen molar-refractivity contribution in [1.82, 2.24) is 9.21 Å². The van der Waals surface area contributed by atoms with Crippen molar-refractivity contribution in [2.75, 3.05) is 32.7 Å². The molecule has 2 aromatic rings. The van der Waals surface area contributed by atoms with E-state index in [9.17, 15) is 13.5 Å². The van der Waals surface area contributed by atoms with Crippen LogP contribution in [0.15, 0.2) is 53.4 Å². The minimum Gasteiger partial charge on any atom is -0.387 e. The molecule has 1 heterocycles. The maximum Gasteiger partial charge on any atom is 0.243 e. The van der Waals surface area contributed by atoms with Crippen LogP contribution >= 0.6 is 0 Å². The zero-order chi connectivity index (χ0) is 18.7. The van der Waals surface area contributed by atoms with Crippen LogP contribution in [-0.4, -0.2) is 55.5 Å². The molecule has 1 saturated heterocycles. The molecule has 0 radical (unpaired) electrons. The second kappa shape index (κ2) is 7.88. The topological polar surface area (TPSA) is 60.9 Å². The second-order valence-electron chi connectivity index (χ2n) is 6.90. The smallest absolute Gasteiger partial charge is 0.243 e. The normalized spacial score (nSPS) is 18.0. The van der Waals surface area contributed by atoms with Crippen molar-refractivity contribution >= 4 is 10.0 Å². The molecule has 0 spiro atoms. The molecule has 1 fully saturated rings. The zero-order valence-corrected chi connectivity index (χ0v) is 16.1. The Morgan fingerprint density at radius 1 is 1.00 bits per heavy atom. The Kier molecular flexibility index (Phi) is 5.77.